The third-order valence-corrected chi connectivity index (χ3v) is 2.34. The van der Waals surface area contributed by atoms with Crippen molar-refractivity contribution in [3.05, 3.63) is 0 Å². The lowest BCUT2D eigenvalue weighted by molar-refractivity contribution is -0.108. The number of thioether (sulfide) groups is 1. The Balaban J connectivity index is 2.41. The maximum absolute atomic E-state index is 10.1. The van der Waals surface area contributed by atoms with Crippen LogP contribution in [0.15, 0.2) is 0 Å². The van der Waals surface area contributed by atoms with E-state index in [9.17, 15) is 4.79 Å². The molecule has 8 heavy (non-hydrogen) atoms. The quantitative estimate of drug-likeness (QED) is 0.490. The lowest BCUT2D eigenvalue weighted by Gasteiger charge is -2.01. The van der Waals surface area contributed by atoms with Crippen molar-refractivity contribution in [3.63, 3.8) is 0 Å². The van der Waals surface area contributed by atoms with E-state index in [1.54, 1.807) is 11.8 Å². The van der Waals surface area contributed by atoms with Crippen LogP contribution in [0.4, 0.5) is 0 Å². The van der Waals surface area contributed by atoms with Gasteiger partial charge in [-0.2, -0.15) is 0 Å². The Morgan fingerprint density at radius 1 is 1.88 bits per heavy atom. The van der Waals surface area contributed by atoms with Crippen LogP contribution in [0.5, 0.6) is 0 Å². The van der Waals surface area contributed by atoms with Gasteiger partial charge in [-0.05, 0) is 6.92 Å². The minimum atomic E-state index is 0.0787. The lowest BCUT2D eigenvalue weighted by Crippen LogP contribution is -2.15. The Bertz CT molecular complexity index is 94.4. The number of aldehydes is 1. The fraction of sp³-hybridized carbons (Fsp3) is 0.800. The van der Waals surface area contributed by atoms with Crippen LogP contribution in [0.3, 0.4) is 0 Å². The number of carbonyl (C=O) groups excluding carboxylic acids is 1. The maximum atomic E-state index is 10.1. The van der Waals surface area contributed by atoms with Crippen LogP contribution in [0.2, 0.25) is 0 Å². The summed E-state index contributed by atoms with van der Waals surface area (Å²) < 4.78 is 5.09. The Morgan fingerprint density at radius 3 is 2.88 bits per heavy atom. The number of carbonyl (C=O) groups is 1. The van der Waals surface area contributed by atoms with Crippen molar-refractivity contribution in [1.82, 2.24) is 0 Å². The largest absolute Gasteiger partial charge is 0.366 e. The highest BCUT2D eigenvalue weighted by Gasteiger charge is 2.23. The molecule has 3 heteroatoms. The summed E-state index contributed by atoms with van der Waals surface area (Å²) in [7, 11) is 0. The highest BCUT2D eigenvalue weighted by molar-refractivity contribution is 8.00. The highest BCUT2D eigenvalue weighted by atomic mass is 32.2. The molecular formula is C5H8O2S. The zero-order chi connectivity index (χ0) is 5.98. The highest BCUT2D eigenvalue weighted by Crippen LogP contribution is 2.23. The van der Waals surface area contributed by atoms with Crippen molar-refractivity contribution in [2.75, 3.05) is 5.94 Å². The van der Waals surface area contributed by atoms with Crippen LogP contribution in [-0.4, -0.2) is 23.6 Å². The van der Waals surface area contributed by atoms with E-state index in [4.69, 9.17) is 4.74 Å². The molecule has 2 unspecified atom stereocenters. The monoisotopic (exact) mass is 132 g/mol. The van der Waals surface area contributed by atoms with Gasteiger partial charge in [-0.3, -0.25) is 0 Å². The SMILES string of the molecule is CC1OCSC1C=O. The standard InChI is InChI=1S/C5H8O2S/c1-4-5(2-6)8-3-7-4/h2,4-5H,3H2,1H3. The Kier molecular flexibility index (Phi) is 1.91. The van der Waals surface area contributed by atoms with Gasteiger partial charge in [0.1, 0.15) is 6.29 Å². The van der Waals surface area contributed by atoms with Gasteiger partial charge in [-0.1, -0.05) is 0 Å². The summed E-state index contributed by atoms with van der Waals surface area (Å²) in [6.07, 6.45) is 1.07. The van der Waals surface area contributed by atoms with Gasteiger partial charge in [0, 0.05) is 0 Å². The Hall–Kier alpha value is -0.0200. The van der Waals surface area contributed by atoms with Crippen molar-refractivity contribution >= 4 is 18.0 Å². The zero-order valence-electron chi connectivity index (χ0n) is 4.66. The Labute approximate surface area is 52.6 Å². The molecule has 1 heterocycles. The van der Waals surface area contributed by atoms with Gasteiger partial charge in [0.05, 0.1) is 17.3 Å². The van der Waals surface area contributed by atoms with Crippen LogP contribution >= 0.6 is 11.8 Å². The second-order valence-corrected chi connectivity index (χ2v) is 2.87. The van der Waals surface area contributed by atoms with Gasteiger partial charge in [0.25, 0.3) is 0 Å². The number of ether oxygens (including phenoxy) is 1. The van der Waals surface area contributed by atoms with E-state index < -0.39 is 0 Å². The van der Waals surface area contributed by atoms with E-state index in [1.807, 2.05) is 6.92 Å². The predicted octanol–water partition coefficient (Wildman–Crippen LogP) is 0.663. The van der Waals surface area contributed by atoms with Gasteiger partial charge >= 0.3 is 0 Å². The molecule has 0 saturated carbocycles. The number of hydrogen-bond donors (Lipinski definition) is 0. The Morgan fingerprint density at radius 2 is 2.62 bits per heavy atom. The molecule has 0 aromatic rings. The number of hydrogen-bond acceptors (Lipinski definition) is 3. The van der Waals surface area contributed by atoms with E-state index in [1.165, 1.54) is 0 Å². The van der Waals surface area contributed by atoms with E-state index in [0.29, 0.717) is 5.94 Å². The average molecular weight is 132 g/mol. The summed E-state index contributed by atoms with van der Waals surface area (Å²) in [5, 5.41) is 0.0787. The molecule has 0 aromatic carbocycles. The molecule has 0 amide bonds. The van der Waals surface area contributed by atoms with Crippen molar-refractivity contribution < 1.29 is 9.53 Å². The summed E-state index contributed by atoms with van der Waals surface area (Å²) in [5.74, 6) is 0.671. The predicted molar refractivity (Wildman–Crippen MR) is 32.9 cm³/mol. The van der Waals surface area contributed by atoms with Crippen molar-refractivity contribution in [1.29, 1.82) is 0 Å². The molecule has 2 nitrogen and oxygen atoms in total. The first-order chi connectivity index (χ1) is 3.84. The van der Waals surface area contributed by atoms with Crippen molar-refractivity contribution in [2.24, 2.45) is 0 Å². The molecule has 0 radical (unpaired) electrons. The van der Waals surface area contributed by atoms with E-state index in [0.717, 1.165) is 6.29 Å². The van der Waals surface area contributed by atoms with Gasteiger partial charge in [0.15, 0.2) is 0 Å². The van der Waals surface area contributed by atoms with E-state index in [2.05, 4.69) is 0 Å². The summed E-state index contributed by atoms with van der Waals surface area (Å²) >= 11 is 1.56. The van der Waals surface area contributed by atoms with Gasteiger partial charge in [0.2, 0.25) is 0 Å². The first-order valence-electron chi connectivity index (χ1n) is 2.53. The van der Waals surface area contributed by atoms with Crippen LogP contribution in [0.25, 0.3) is 0 Å². The zero-order valence-corrected chi connectivity index (χ0v) is 5.48. The van der Waals surface area contributed by atoms with E-state index in [-0.39, 0.29) is 11.4 Å². The normalized spacial score (nSPS) is 37.6. The second-order valence-electron chi connectivity index (χ2n) is 1.76. The summed E-state index contributed by atoms with van der Waals surface area (Å²) in [5.41, 5.74) is 0. The smallest absolute Gasteiger partial charge is 0.135 e. The molecule has 1 fully saturated rings. The average Bonchev–Trinajstić information content (AvgIpc) is 2.14. The van der Waals surface area contributed by atoms with Gasteiger partial charge in [-0.25, -0.2) is 0 Å². The molecule has 1 aliphatic heterocycles. The summed E-state index contributed by atoms with van der Waals surface area (Å²) in [6, 6.07) is 0. The van der Waals surface area contributed by atoms with Crippen LogP contribution in [0.1, 0.15) is 6.92 Å². The molecule has 0 bridgehead atoms. The molecule has 0 aromatic heterocycles. The minimum Gasteiger partial charge on any atom is -0.366 e. The first-order valence-corrected chi connectivity index (χ1v) is 3.58. The number of rotatable bonds is 1. The molecule has 1 saturated heterocycles. The van der Waals surface area contributed by atoms with Crippen LogP contribution in [-0.2, 0) is 9.53 Å². The second kappa shape index (κ2) is 2.51. The molecule has 0 aliphatic carbocycles. The topological polar surface area (TPSA) is 26.3 Å². The first kappa shape index (κ1) is 6.11. The fourth-order valence-electron chi connectivity index (χ4n) is 0.605. The van der Waals surface area contributed by atoms with Crippen LogP contribution in [0, 0.1) is 0 Å². The maximum Gasteiger partial charge on any atom is 0.135 e. The van der Waals surface area contributed by atoms with Gasteiger partial charge < -0.3 is 9.53 Å². The minimum absolute atomic E-state index is 0.0787. The summed E-state index contributed by atoms with van der Waals surface area (Å²) in [4.78, 5) is 10.1. The molecule has 1 aliphatic rings. The van der Waals surface area contributed by atoms with Crippen molar-refractivity contribution in [3.8, 4) is 0 Å². The van der Waals surface area contributed by atoms with E-state index >= 15 is 0 Å². The molecule has 1 rings (SSSR count). The molecule has 2 atom stereocenters. The van der Waals surface area contributed by atoms with Crippen molar-refractivity contribution in [2.45, 2.75) is 18.3 Å². The molecule has 0 N–H and O–H groups in total. The third-order valence-electron chi connectivity index (χ3n) is 1.19. The molecule has 0 spiro atoms. The van der Waals surface area contributed by atoms with Crippen LogP contribution < -0.4 is 0 Å². The molecular weight excluding hydrogens is 124 g/mol. The molecule has 46 valence electrons. The lowest BCUT2D eigenvalue weighted by atomic mass is 10.3. The third kappa shape index (κ3) is 1.03. The summed E-state index contributed by atoms with van der Waals surface area (Å²) in [6.45, 7) is 1.92. The van der Waals surface area contributed by atoms with Gasteiger partial charge in [-0.15, -0.1) is 11.8 Å². The fourth-order valence-corrected chi connectivity index (χ4v) is 1.48.